The van der Waals surface area contributed by atoms with Crippen LogP contribution in [0.4, 0.5) is 5.69 Å². The molecular weight excluding hydrogens is 332 g/mol. The molecule has 0 bridgehead atoms. The highest BCUT2D eigenvalue weighted by molar-refractivity contribution is 9.10. The Hall–Kier alpha value is -2.09. The Balaban J connectivity index is 2.27. The number of rotatable bonds is 3. The molecule has 1 aliphatic rings. The summed E-state index contributed by atoms with van der Waals surface area (Å²) in [6.45, 7) is 1.24. The van der Waals surface area contributed by atoms with E-state index >= 15 is 0 Å². The van der Waals surface area contributed by atoms with E-state index in [4.69, 9.17) is 9.84 Å². The number of benzene rings is 1. The van der Waals surface area contributed by atoms with E-state index in [2.05, 4.69) is 26.6 Å². The van der Waals surface area contributed by atoms with E-state index in [1.165, 1.54) is 19.1 Å². The molecule has 0 unspecified atom stereocenters. The molecule has 20 heavy (non-hydrogen) atoms. The van der Waals surface area contributed by atoms with Crippen molar-refractivity contribution in [1.82, 2.24) is 5.32 Å². The highest BCUT2D eigenvalue weighted by Crippen LogP contribution is 2.33. The molecule has 1 atom stereocenters. The van der Waals surface area contributed by atoms with Crippen LogP contribution in [0.3, 0.4) is 0 Å². The molecule has 0 spiro atoms. The van der Waals surface area contributed by atoms with Crippen molar-refractivity contribution in [2.45, 2.75) is 13.0 Å². The second-order valence-corrected chi connectivity index (χ2v) is 5.05. The average molecular weight is 343 g/mol. The van der Waals surface area contributed by atoms with Crippen molar-refractivity contribution in [2.75, 3.05) is 11.9 Å². The van der Waals surface area contributed by atoms with Crippen molar-refractivity contribution in [3.05, 3.63) is 22.2 Å². The summed E-state index contributed by atoms with van der Waals surface area (Å²) >= 11 is 3.21. The lowest BCUT2D eigenvalue weighted by molar-refractivity contribution is -0.138. The molecule has 1 aromatic rings. The number of aliphatic carboxylic acids is 1. The Kier molecular flexibility index (Phi) is 3.93. The SMILES string of the molecule is C[C@H](NC(=O)c1cc2c(cc1Br)NC(=O)CO2)C(=O)O. The smallest absolute Gasteiger partial charge is 0.325 e. The molecule has 8 heteroatoms. The molecule has 1 aromatic carbocycles. The maximum Gasteiger partial charge on any atom is 0.325 e. The summed E-state index contributed by atoms with van der Waals surface area (Å²) < 4.78 is 5.63. The maximum absolute atomic E-state index is 12.0. The van der Waals surface area contributed by atoms with Crippen molar-refractivity contribution in [1.29, 1.82) is 0 Å². The van der Waals surface area contributed by atoms with Crippen LogP contribution in [-0.4, -0.2) is 35.5 Å². The van der Waals surface area contributed by atoms with Crippen LogP contribution in [0.5, 0.6) is 5.75 Å². The number of hydrogen-bond acceptors (Lipinski definition) is 4. The predicted octanol–water partition coefficient (Wildman–Crippen LogP) is 0.983. The van der Waals surface area contributed by atoms with Gasteiger partial charge in [0.1, 0.15) is 11.8 Å². The van der Waals surface area contributed by atoms with Gasteiger partial charge in [-0.2, -0.15) is 0 Å². The Labute approximate surface area is 122 Å². The van der Waals surface area contributed by atoms with Gasteiger partial charge in [0.25, 0.3) is 11.8 Å². The van der Waals surface area contributed by atoms with Crippen LogP contribution in [0.1, 0.15) is 17.3 Å². The second kappa shape index (κ2) is 5.49. The summed E-state index contributed by atoms with van der Waals surface area (Å²) in [7, 11) is 0. The van der Waals surface area contributed by atoms with Gasteiger partial charge in [0.05, 0.1) is 11.3 Å². The Bertz CT molecular complexity index is 602. The first-order valence-corrected chi connectivity index (χ1v) is 6.47. The van der Waals surface area contributed by atoms with Gasteiger partial charge in [-0.3, -0.25) is 14.4 Å². The van der Waals surface area contributed by atoms with Crippen LogP contribution in [0.2, 0.25) is 0 Å². The van der Waals surface area contributed by atoms with E-state index in [0.29, 0.717) is 15.9 Å². The van der Waals surface area contributed by atoms with Crippen LogP contribution < -0.4 is 15.4 Å². The topological polar surface area (TPSA) is 105 Å². The van der Waals surface area contributed by atoms with E-state index in [1.807, 2.05) is 0 Å². The number of carboxylic acid groups (broad SMARTS) is 1. The Morgan fingerprint density at radius 2 is 2.20 bits per heavy atom. The first-order valence-electron chi connectivity index (χ1n) is 5.68. The third-order valence-electron chi connectivity index (χ3n) is 2.66. The van der Waals surface area contributed by atoms with Gasteiger partial charge in [-0.1, -0.05) is 0 Å². The molecule has 0 radical (unpaired) electrons. The molecule has 1 heterocycles. The van der Waals surface area contributed by atoms with E-state index in [9.17, 15) is 14.4 Å². The van der Waals surface area contributed by atoms with Crippen molar-refractivity contribution in [3.63, 3.8) is 0 Å². The minimum absolute atomic E-state index is 0.124. The van der Waals surface area contributed by atoms with E-state index in [-0.39, 0.29) is 18.1 Å². The molecule has 106 valence electrons. The number of carbonyl (C=O) groups excluding carboxylic acids is 2. The van der Waals surface area contributed by atoms with E-state index in [0.717, 1.165) is 0 Å². The van der Waals surface area contributed by atoms with Crippen molar-refractivity contribution >= 4 is 39.4 Å². The standard InChI is InChI=1S/C12H11BrN2O5/c1-5(12(18)19)14-11(17)6-2-9-8(3-7(6)13)15-10(16)4-20-9/h2-3,5H,4H2,1H3,(H,14,17)(H,15,16)(H,18,19)/t5-/m0/s1. The lowest BCUT2D eigenvalue weighted by Crippen LogP contribution is -2.38. The number of hydrogen-bond donors (Lipinski definition) is 3. The first kappa shape index (κ1) is 14.3. The third kappa shape index (κ3) is 2.90. The number of ether oxygens (including phenoxy) is 1. The average Bonchev–Trinajstić information content (AvgIpc) is 2.37. The van der Waals surface area contributed by atoms with Gasteiger partial charge in [0, 0.05) is 4.47 Å². The Morgan fingerprint density at radius 1 is 1.50 bits per heavy atom. The third-order valence-corrected chi connectivity index (χ3v) is 3.32. The zero-order valence-electron chi connectivity index (χ0n) is 10.4. The molecule has 2 rings (SSSR count). The summed E-state index contributed by atoms with van der Waals surface area (Å²) in [6.07, 6.45) is 0. The lowest BCUT2D eigenvalue weighted by atomic mass is 10.1. The summed E-state index contributed by atoms with van der Waals surface area (Å²) in [5.41, 5.74) is 0.684. The molecule has 1 aliphatic heterocycles. The number of anilines is 1. The zero-order valence-corrected chi connectivity index (χ0v) is 12.0. The molecule has 0 fully saturated rings. The number of carboxylic acids is 1. The molecule has 0 aliphatic carbocycles. The van der Waals surface area contributed by atoms with Crippen LogP contribution >= 0.6 is 15.9 Å². The molecule has 0 saturated carbocycles. The zero-order chi connectivity index (χ0) is 14.9. The van der Waals surface area contributed by atoms with Gasteiger partial charge in [-0.25, -0.2) is 0 Å². The normalized spacial score (nSPS) is 14.6. The molecule has 3 N–H and O–H groups in total. The number of fused-ring (bicyclic) bond motifs is 1. The first-order chi connectivity index (χ1) is 9.38. The fourth-order valence-corrected chi connectivity index (χ4v) is 2.13. The van der Waals surface area contributed by atoms with E-state index < -0.39 is 17.9 Å². The molecular formula is C12H11BrN2O5. The fourth-order valence-electron chi connectivity index (χ4n) is 1.61. The van der Waals surface area contributed by atoms with Gasteiger partial charge in [0.15, 0.2) is 6.61 Å². The van der Waals surface area contributed by atoms with E-state index in [1.54, 1.807) is 0 Å². The number of amides is 2. The molecule has 2 amide bonds. The molecule has 0 aromatic heterocycles. The number of carbonyl (C=O) groups is 3. The summed E-state index contributed by atoms with van der Waals surface area (Å²) in [5.74, 6) is -1.59. The highest BCUT2D eigenvalue weighted by Gasteiger charge is 2.22. The van der Waals surface area contributed by atoms with Gasteiger partial charge >= 0.3 is 5.97 Å². The quantitative estimate of drug-likeness (QED) is 0.759. The summed E-state index contributed by atoms with van der Waals surface area (Å²) in [4.78, 5) is 33.9. The number of nitrogens with one attached hydrogen (secondary N) is 2. The maximum atomic E-state index is 12.0. The van der Waals surface area contributed by atoms with Crippen LogP contribution in [0.25, 0.3) is 0 Å². The van der Waals surface area contributed by atoms with Crippen molar-refractivity contribution < 1.29 is 24.2 Å². The molecule has 0 saturated heterocycles. The van der Waals surface area contributed by atoms with Gasteiger partial charge in [-0.05, 0) is 35.0 Å². The Morgan fingerprint density at radius 3 is 2.85 bits per heavy atom. The van der Waals surface area contributed by atoms with Crippen LogP contribution in [0, 0.1) is 0 Å². The second-order valence-electron chi connectivity index (χ2n) is 4.20. The van der Waals surface area contributed by atoms with Crippen LogP contribution in [-0.2, 0) is 9.59 Å². The van der Waals surface area contributed by atoms with Crippen LogP contribution in [0.15, 0.2) is 16.6 Å². The van der Waals surface area contributed by atoms with Crippen molar-refractivity contribution in [3.8, 4) is 5.75 Å². The number of halogens is 1. The van der Waals surface area contributed by atoms with Gasteiger partial charge in [-0.15, -0.1) is 0 Å². The fraction of sp³-hybridized carbons (Fsp3) is 0.250. The van der Waals surface area contributed by atoms with Gasteiger partial charge < -0.3 is 20.5 Å². The van der Waals surface area contributed by atoms with Crippen molar-refractivity contribution in [2.24, 2.45) is 0 Å². The minimum atomic E-state index is -1.13. The summed E-state index contributed by atoms with van der Waals surface area (Å²) in [6, 6.07) is 1.97. The minimum Gasteiger partial charge on any atom is -0.482 e. The largest absolute Gasteiger partial charge is 0.482 e. The van der Waals surface area contributed by atoms with Gasteiger partial charge in [0.2, 0.25) is 0 Å². The summed E-state index contributed by atoms with van der Waals surface area (Å²) in [5, 5.41) is 13.7. The molecule has 7 nitrogen and oxygen atoms in total. The lowest BCUT2D eigenvalue weighted by Gasteiger charge is -2.19. The predicted molar refractivity (Wildman–Crippen MR) is 72.8 cm³/mol. The monoisotopic (exact) mass is 342 g/mol. The highest BCUT2D eigenvalue weighted by atomic mass is 79.9.